The summed E-state index contributed by atoms with van der Waals surface area (Å²) in [7, 11) is 0. The molecule has 0 spiro atoms. The first-order valence-electron chi connectivity index (χ1n) is 4.97. The third kappa shape index (κ3) is 2.33. The van der Waals surface area contributed by atoms with Crippen molar-refractivity contribution in [1.29, 1.82) is 0 Å². The summed E-state index contributed by atoms with van der Waals surface area (Å²) in [5, 5.41) is 9.43. The number of rotatable bonds is 4. The van der Waals surface area contributed by atoms with E-state index < -0.39 is 0 Å². The van der Waals surface area contributed by atoms with E-state index in [1.807, 2.05) is 6.92 Å². The Labute approximate surface area is 96.7 Å². The number of nitrogens with zero attached hydrogens (tertiary/aromatic N) is 3. The van der Waals surface area contributed by atoms with Gasteiger partial charge in [0.2, 0.25) is 0 Å². The fourth-order valence-corrected chi connectivity index (χ4v) is 1.41. The minimum absolute atomic E-state index is 0.129. The first-order valence-corrected chi connectivity index (χ1v) is 5.41. The van der Waals surface area contributed by atoms with Gasteiger partial charge in [-0.25, -0.2) is 19.3 Å². The average molecular weight is 242 g/mol. The number of alkyl halides is 1. The van der Waals surface area contributed by atoms with E-state index in [9.17, 15) is 4.79 Å². The molecule has 0 saturated carbocycles. The number of H-pyrrole nitrogens is 1. The monoisotopic (exact) mass is 241 g/mol. The van der Waals surface area contributed by atoms with Crippen molar-refractivity contribution < 1.29 is 0 Å². The lowest BCUT2D eigenvalue weighted by Gasteiger charge is -2.05. The Hall–Kier alpha value is -1.56. The molecule has 16 heavy (non-hydrogen) atoms. The molecule has 6 nitrogen and oxygen atoms in total. The molecule has 1 unspecified atom stereocenters. The Morgan fingerprint density at radius 3 is 3.25 bits per heavy atom. The predicted molar refractivity (Wildman–Crippen MR) is 62.0 cm³/mol. The molecule has 7 heteroatoms. The fourth-order valence-electron chi connectivity index (χ4n) is 1.31. The maximum Gasteiger partial charge on any atom is 0.348 e. The zero-order valence-electron chi connectivity index (χ0n) is 8.77. The summed E-state index contributed by atoms with van der Waals surface area (Å²) in [6.45, 7) is 2.68. The van der Waals surface area contributed by atoms with Crippen LogP contribution in [0.1, 0.15) is 13.3 Å². The van der Waals surface area contributed by atoms with Gasteiger partial charge in [-0.3, -0.25) is 0 Å². The van der Waals surface area contributed by atoms with E-state index in [0.29, 0.717) is 11.5 Å². The zero-order valence-corrected chi connectivity index (χ0v) is 9.53. The lowest BCUT2D eigenvalue weighted by molar-refractivity contribution is 0.838. The molecule has 0 amide bonds. The summed E-state index contributed by atoms with van der Waals surface area (Å²) in [6, 6.07) is 1.71. The van der Waals surface area contributed by atoms with Crippen LogP contribution in [0.4, 0.5) is 5.82 Å². The second kappa shape index (κ2) is 4.52. The van der Waals surface area contributed by atoms with Gasteiger partial charge in [-0.05, 0) is 13.3 Å². The van der Waals surface area contributed by atoms with Crippen molar-refractivity contribution in [3.63, 3.8) is 0 Å². The number of hydrogen-bond donors (Lipinski definition) is 2. The van der Waals surface area contributed by atoms with Gasteiger partial charge in [0.25, 0.3) is 0 Å². The highest BCUT2D eigenvalue weighted by molar-refractivity contribution is 6.20. The third-order valence-electron chi connectivity index (χ3n) is 2.16. The molecule has 2 heterocycles. The molecule has 0 fully saturated rings. The van der Waals surface area contributed by atoms with Crippen LogP contribution in [0.5, 0.6) is 0 Å². The van der Waals surface area contributed by atoms with Gasteiger partial charge in [0.05, 0.1) is 0 Å². The Morgan fingerprint density at radius 1 is 1.69 bits per heavy atom. The smallest absolute Gasteiger partial charge is 0.348 e. The van der Waals surface area contributed by atoms with Crippen molar-refractivity contribution in [1.82, 2.24) is 19.6 Å². The van der Waals surface area contributed by atoms with Crippen molar-refractivity contribution in [2.24, 2.45) is 0 Å². The van der Waals surface area contributed by atoms with E-state index in [1.54, 1.807) is 6.07 Å². The van der Waals surface area contributed by atoms with Gasteiger partial charge < -0.3 is 5.32 Å². The molecule has 0 aliphatic rings. The average Bonchev–Trinajstić information content (AvgIpc) is 2.60. The van der Waals surface area contributed by atoms with Crippen LogP contribution < -0.4 is 11.0 Å². The number of anilines is 1. The quantitative estimate of drug-likeness (QED) is 0.778. The lowest BCUT2D eigenvalue weighted by Crippen LogP contribution is -2.11. The highest BCUT2D eigenvalue weighted by Crippen LogP contribution is 2.05. The Morgan fingerprint density at radius 2 is 2.50 bits per heavy atom. The molecule has 0 aromatic carbocycles. The largest absolute Gasteiger partial charge is 0.370 e. The van der Waals surface area contributed by atoms with E-state index in [4.69, 9.17) is 11.6 Å². The zero-order chi connectivity index (χ0) is 11.5. The number of aromatic nitrogens is 4. The van der Waals surface area contributed by atoms with Crippen LogP contribution >= 0.6 is 11.6 Å². The van der Waals surface area contributed by atoms with E-state index in [-0.39, 0.29) is 11.1 Å². The maximum atomic E-state index is 11.2. The van der Waals surface area contributed by atoms with Gasteiger partial charge in [0, 0.05) is 18.0 Å². The summed E-state index contributed by atoms with van der Waals surface area (Å²) in [5.74, 6) is 0.684. The number of nitrogens with one attached hydrogen (secondary N) is 2. The summed E-state index contributed by atoms with van der Waals surface area (Å²) in [6.07, 6.45) is 2.29. The van der Waals surface area contributed by atoms with Crippen molar-refractivity contribution in [3.8, 4) is 0 Å². The Bertz CT molecular complexity index is 532. The Balaban J connectivity index is 2.11. The van der Waals surface area contributed by atoms with Gasteiger partial charge in [-0.15, -0.1) is 11.6 Å². The molecule has 0 aliphatic carbocycles. The standard InChI is InChI=1S/C9H12ClN5O/c1-6(10)2-3-11-7-4-8-13-14-9(16)15(8)5-12-7/h4-6,11H,2-3H2,1H3,(H,14,16). The van der Waals surface area contributed by atoms with Crippen molar-refractivity contribution >= 4 is 23.1 Å². The number of hydrogen-bond acceptors (Lipinski definition) is 4. The second-order valence-electron chi connectivity index (χ2n) is 3.53. The summed E-state index contributed by atoms with van der Waals surface area (Å²) in [4.78, 5) is 15.2. The fraction of sp³-hybridized carbons (Fsp3) is 0.444. The van der Waals surface area contributed by atoms with Crippen LogP contribution in [-0.4, -0.2) is 31.5 Å². The minimum atomic E-state index is -0.288. The molecule has 1 atom stereocenters. The molecule has 0 aliphatic heterocycles. The van der Waals surface area contributed by atoms with E-state index >= 15 is 0 Å². The van der Waals surface area contributed by atoms with Crippen LogP contribution in [0.2, 0.25) is 0 Å². The molecule has 0 radical (unpaired) electrons. The van der Waals surface area contributed by atoms with Gasteiger partial charge >= 0.3 is 5.69 Å². The number of fused-ring (bicyclic) bond motifs is 1. The third-order valence-corrected chi connectivity index (χ3v) is 2.38. The minimum Gasteiger partial charge on any atom is -0.370 e. The molecule has 0 saturated heterocycles. The maximum absolute atomic E-state index is 11.2. The SMILES string of the molecule is CC(Cl)CCNc1cc2n[nH]c(=O)n2cn1. The van der Waals surface area contributed by atoms with Gasteiger partial charge in [-0.1, -0.05) is 0 Å². The van der Waals surface area contributed by atoms with E-state index in [1.165, 1.54) is 10.7 Å². The molecule has 2 rings (SSSR count). The van der Waals surface area contributed by atoms with Crippen molar-refractivity contribution in [2.75, 3.05) is 11.9 Å². The molecule has 0 bridgehead atoms. The highest BCUT2D eigenvalue weighted by atomic mass is 35.5. The number of halogens is 1. The van der Waals surface area contributed by atoms with Gasteiger partial charge in [-0.2, -0.15) is 5.10 Å². The molecule has 2 N–H and O–H groups in total. The summed E-state index contributed by atoms with van der Waals surface area (Å²) >= 11 is 5.82. The van der Waals surface area contributed by atoms with Crippen LogP contribution in [0, 0.1) is 0 Å². The molecule has 86 valence electrons. The van der Waals surface area contributed by atoms with E-state index in [2.05, 4.69) is 20.5 Å². The van der Waals surface area contributed by atoms with Crippen molar-refractivity contribution in [3.05, 3.63) is 22.9 Å². The lowest BCUT2D eigenvalue weighted by atomic mass is 10.3. The molecule has 2 aromatic heterocycles. The van der Waals surface area contributed by atoms with Crippen LogP contribution in [0.3, 0.4) is 0 Å². The second-order valence-corrected chi connectivity index (χ2v) is 4.27. The normalized spacial score (nSPS) is 12.9. The predicted octanol–water partition coefficient (Wildman–Crippen LogP) is 0.847. The highest BCUT2D eigenvalue weighted by Gasteiger charge is 2.02. The summed E-state index contributed by atoms with van der Waals surface area (Å²) in [5.41, 5.74) is 0.254. The van der Waals surface area contributed by atoms with Crippen molar-refractivity contribution in [2.45, 2.75) is 18.7 Å². The van der Waals surface area contributed by atoms with Gasteiger partial charge in [0.15, 0.2) is 5.65 Å². The van der Waals surface area contributed by atoms with Crippen LogP contribution in [-0.2, 0) is 0 Å². The first kappa shape index (κ1) is 10.9. The Kier molecular flexibility index (Phi) is 3.09. The van der Waals surface area contributed by atoms with Crippen LogP contribution in [0.25, 0.3) is 5.65 Å². The topological polar surface area (TPSA) is 75.1 Å². The first-order chi connectivity index (χ1) is 7.66. The van der Waals surface area contributed by atoms with Crippen LogP contribution in [0.15, 0.2) is 17.2 Å². The molecular formula is C9H12ClN5O. The molecular weight excluding hydrogens is 230 g/mol. The van der Waals surface area contributed by atoms with E-state index in [0.717, 1.165) is 13.0 Å². The summed E-state index contributed by atoms with van der Waals surface area (Å²) < 4.78 is 1.34. The van der Waals surface area contributed by atoms with Gasteiger partial charge in [0.1, 0.15) is 12.1 Å². The molecule has 2 aromatic rings. The number of aromatic amines is 1.